The number of carbonyl (C=O) groups is 1. The van der Waals surface area contributed by atoms with E-state index >= 15 is 0 Å². The van der Waals surface area contributed by atoms with E-state index in [0.29, 0.717) is 5.92 Å². The molecule has 7 heteroatoms. The molecule has 0 saturated carbocycles. The maximum absolute atomic E-state index is 13.1. The van der Waals surface area contributed by atoms with Crippen molar-refractivity contribution in [3.63, 3.8) is 0 Å². The van der Waals surface area contributed by atoms with Gasteiger partial charge in [0.05, 0.1) is 28.8 Å². The maximum atomic E-state index is 13.1. The number of benzene rings is 1. The lowest BCUT2D eigenvalue weighted by molar-refractivity contribution is -0.121. The lowest BCUT2D eigenvalue weighted by atomic mass is 9.93. The summed E-state index contributed by atoms with van der Waals surface area (Å²) >= 11 is 0. The van der Waals surface area contributed by atoms with Crippen LogP contribution in [-0.2, 0) is 4.79 Å². The molecule has 7 nitrogen and oxygen atoms in total. The predicted octanol–water partition coefficient (Wildman–Crippen LogP) is 3.49. The predicted molar refractivity (Wildman–Crippen MR) is 117 cm³/mol. The summed E-state index contributed by atoms with van der Waals surface area (Å²) in [6, 6.07) is 11.7. The zero-order valence-corrected chi connectivity index (χ0v) is 17.7. The van der Waals surface area contributed by atoms with E-state index in [9.17, 15) is 4.79 Å². The van der Waals surface area contributed by atoms with Crippen molar-refractivity contribution in [2.24, 2.45) is 0 Å². The van der Waals surface area contributed by atoms with Crippen molar-refractivity contribution >= 4 is 11.6 Å². The molecule has 1 aromatic carbocycles. The SMILES string of the molecule is Cc1nn(-c2ccccc2)c(C)c1NC(=O)[C@H](C)N1CCC[C@H](c2ccncn2)C1. The van der Waals surface area contributed by atoms with Crippen molar-refractivity contribution in [1.29, 1.82) is 0 Å². The third-order valence-corrected chi connectivity index (χ3v) is 5.94. The first-order chi connectivity index (χ1) is 14.5. The molecule has 2 atom stereocenters. The second-order valence-electron chi connectivity index (χ2n) is 7.93. The van der Waals surface area contributed by atoms with Gasteiger partial charge in [-0.3, -0.25) is 9.69 Å². The molecule has 4 rings (SSSR count). The third-order valence-electron chi connectivity index (χ3n) is 5.94. The summed E-state index contributed by atoms with van der Waals surface area (Å²) < 4.78 is 1.88. The van der Waals surface area contributed by atoms with Crippen molar-refractivity contribution in [1.82, 2.24) is 24.6 Å². The second kappa shape index (κ2) is 8.75. The summed E-state index contributed by atoms with van der Waals surface area (Å²) in [7, 11) is 0. The Morgan fingerprint density at radius 2 is 2.00 bits per heavy atom. The molecule has 1 saturated heterocycles. The van der Waals surface area contributed by atoms with Crippen LogP contribution in [0, 0.1) is 13.8 Å². The van der Waals surface area contributed by atoms with Crippen LogP contribution < -0.4 is 5.32 Å². The normalized spacial score (nSPS) is 18.2. The number of hydrogen-bond donors (Lipinski definition) is 1. The number of para-hydroxylation sites is 1. The fourth-order valence-electron chi connectivity index (χ4n) is 4.18. The van der Waals surface area contributed by atoms with Crippen molar-refractivity contribution < 1.29 is 4.79 Å². The zero-order valence-electron chi connectivity index (χ0n) is 17.7. The van der Waals surface area contributed by atoms with Gasteiger partial charge in [-0.2, -0.15) is 5.10 Å². The van der Waals surface area contributed by atoms with Gasteiger partial charge in [0, 0.05) is 24.4 Å². The molecule has 3 aromatic rings. The van der Waals surface area contributed by atoms with Gasteiger partial charge in [0.15, 0.2) is 0 Å². The molecule has 0 bridgehead atoms. The van der Waals surface area contributed by atoms with Gasteiger partial charge in [-0.1, -0.05) is 18.2 Å². The van der Waals surface area contributed by atoms with Gasteiger partial charge in [0.2, 0.25) is 5.91 Å². The number of carbonyl (C=O) groups excluding carboxylic acids is 1. The second-order valence-corrected chi connectivity index (χ2v) is 7.93. The molecule has 1 fully saturated rings. The van der Waals surface area contributed by atoms with E-state index in [1.54, 1.807) is 12.5 Å². The van der Waals surface area contributed by atoms with Gasteiger partial charge < -0.3 is 5.32 Å². The number of amides is 1. The molecule has 1 N–H and O–H groups in total. The highest BCUT2D eigenvalue weighted by Gasteiger charge is 2.29. The summed E-state index contributed by atoms with van der Waals surface area (Å²) in [6.07, 6.45) is 5.52. The number of aromatic nitrogens is 4. The number of anilines is 1. The van der Waals surface area contributed by atoms with E-state index in [2.05, 4.69) is 25.3 Å². The van der Waals surface area contributed by atoms with Crippen LogP contribution in [-0.4, -0.2) is 49.7 Å². The van der Waals surface area contributed by atoms with E-state index in [1.807, 2.05) is 61.9 Å². The summed E-state index contributed by atoms with van der Waals surface area (Å²) in [5, 5.41) is 7.76. The molecule has 2 aromatic heterocycles. The van der Waals surface area contributed by atoms with Crippen LogP contribution in [0.25, 0.3) is 5.69 Å². The first-order valence-corrected chi connectivity index (χ1v) is 10.5. The smallest absolute Gasteiger partial charge is 0.241 e. The summed E-state index contributed by atoms with van der Waals surface area (Å²) in [4.78, 5) is 23.8. The topological polar surface area (TPSA) is 75.9 Å². The molecule has 30 heavy (non-hydrogen) atoms. The molecule has 1 amide bonds. The lowest BCUT2D eigenvalue weighted by Crippen LogP contribution is -2.46. The standard InChI is InChI=1S/C23H28N6O/c1-16-22(17(2)29(27-16)20-9-5-4-6-10-20)26-23(30)18(3)28-13-7-8-19(14-28)21-11-12-24-15-25-21/h4-6,9-12,15,18-19H,7-8,13-14H2,1-3H3,(H,26,30)/t18-,19-/m0/s1. The molecule has 1 aliphatic heterocycles. The molecule has 0 radical (unpaired) electrons. The Morgan fingerprint density at radius 1 is 1.20 bits per heavy atom. The minimum absolute atomic E-state index is 0.00264. The fraction of sp³-hybridized carbons (Fsp3) is 0.391. The number of rotatable bonds is 5. The third kappa shape index (κ3) is 4.11. The summed E-state index contributed by atoms with van der Waals surface area (Å²) in [5.74, 6) is 0.332. The van der Waals surface area contributed by atoms with Crippen LogP contribution >= 0.6 is 0 Å². The quantitative estimate of drug-likeness (QED) is 0.705. The van der Waals surface area contributed by atoms with E-state index in [-0.39, 0.29) is 11.9 Å². The van der Waals surface area contributed by atoms with Crippen LogP contribution in [0.15, 0.2) is 48.9 Å². The van der Waals surface area contributed by atoms with Crippen molar-refractivity contribution in [3.05, 3.63) is 66.0 Å². The van der Waals surface area contributed by atoms with Crippen LogP contribution in [0.3, 0.4) is 0 Å². The average Bonchev–Trinajstić information content (AvgIpc) is 3.08. The Morgan fingerprint density at radius 3 is 2.73 bits per heavy atom. The van der Waals surface area contributed by atoms with Crippen LogP contribution in [0.2, 0.25) is 0 Å². The van der Waals surface area contributed by atoms with Gasteiger partial charge in [0.1, 0.15) is 6.33 Å². The number of aryl methyl sites for hydroxylation is 1. The molecule has 1 aliphatic rings. The van der Waals surface area contributed by atoms with Gasteiger partial charge >= 0.3 is 0 Å². The highest BCUT2D eigenvalue weighted by Crippen LogP contribution is 2.27. The molecular weight excluding hydrogens is 376 g/mol. The molecule has 0 aliphatic carbocycles. The van der Waals surface area contributed by atoms with Crippen LogP contribution in [0.1, 0.15) is 42.8 Å². The highest BCUT2D eigenvalue weighted by molar-refractivity contribution is 5.95. The number of hydrogen-bond acceptors (Lipinski definition) is 5. The molecular formula is C23H28N6O. The van der Waals surface area contributed by atoms with E-state index in [1.165, 1.54) is 0 Å². The number of nitrogens with zero attached hydrogens (tertiary/aromatic N) is 5. The molecule has 0 spiro atoms. The minimum atomic E-state index is -0.228. The Bertz CT molecular complexity index is 1000. The van der Waals surface area contributed by atoms with Crippen molar-refractivity contribution in [2.45, 2.75) is 45.6 Å². The highest BCUT2D eigenvalue weighted by atomic mass is 16.2. The minimum Gasteiger partial charge on any atom is -0.322 e. The van der Waals surface area contributed by atoms with Gasteiger partial charge in [0.25, 0.3) is 0 Å². The summed E-state index contributed by atoms with van der Waals surface area (Å²) in [6.45, 7) is 7.63. The Balaban J connectivity index is 1.47. The Hall–Kier alpha value is -3.06. The van der Waals surface area contributed by atoms with Gasteiger partial charge in [-0.15, -0.1) is 0 Å². The Kier molecular flexibility index (Phi) is 5.90. The zero-order chi connectivity index (χ0) is 21.1. The van der Waals surface area contributed by atoms with Crippen molar-refractivity contribution in [2.75, 3.05) is 18.4 Å². The number of piperidine rings is 1. The summed E-state index contributed by atoms with van der Waals surface area (Å²) in [5.41, 5.74) is 4.57. The van der Waals surface area contributed by atoms with E-state index in [4.69, 9.17) is 0 Å². The van der Waals surface area contributed by atoms with Gasteiger partial charge in [-0.25, -0.2) is 14.6 Å². The average molecular weight is 405 g/mol. The first-order valence-electron chi connectivity index (χ1n) is 10.5. The van der Waals surface area contributed by atoms with Crippen LogP contribution in [0.4, 0.5) is 5.69 Å². The number of likely N-dealkylation sites (tertiary alicyclic amines) is 1. The maximum Gasteiger partial charge on any atom is 0.241 e. The monoisotopic (exact) mass is 404 g/mol. The molecule has 3 heterocycles. The van der Waals surface area contributed by atoms with Crippen LogP contribution in [0.5, 0.6) is 0 Å². The van der Waals surface area contributed by atoms with E-state index in [0.717, 1.165) is 54.4 Å². The van der Waals surface area contributed by atoms with E-state index < -0.39 is 0 Å². The fourth-order valence-corrected chi connectivity index (χ4v) is 4.18. The lowest BCUT2D eigenvalue weighted by Gasteiger charge is -2.35. The number of nitrogens with one attached hydrogen (secondary N) is 1. The Labute approximate surface area is 177 Å². The van der Waals surface area contributed by atoms with Crippen molar-refractivity contribution in [3.8, 4) is 5.69 Å². The largest absolute Gasteiger partial charge is 0.322 e. The molecule has 156 valence electrons. The van der Waals surface area contributed by atoms with Gasteiger partial charge in [-0.05, 0) is 58.4 Å². The molecule has 0 unspecified atom stereocenters. The first kappa shape index (κ1) is 20.2.